The number of carbonyl (C=O) groups excluding carboxylic acids is 1. The van der Waals surface area contributed by atoms with Gasteiger partial charge in [-0.1, -0.05) is 0 Å². The highest BCUT2D eigenvalue weighted by Crippen LogP contribution is 2.25. The van der Waals surface area contributed by atoms with Crippen molar-refractivity contribution in [3.8, 4) is 5.75 Å². The number of fused-ring (bicyclic) bond motifs is 1. The molecule has 94 valence electrons. The standard InChI is InChI=1S/C15H11NO3/c1-18-12-5-4-10-7-14(19-13(10)8-12)15(17)11-3-2-6-16-9-11/h2-9H,1H3. The lowest BCUT2D eigenvalue weighted by atomic mass is 10.1. The Morgan fingerprint density at radius 2 is 2.16 bits per heavy atom. The Labute approximate surface area is 109 Å². The van der Waals surface area contributed by atoms with Gasteiger partial charge in [0.15, 0.2) is 5.76 Å². The number of hydrogen-bond acceptors (Lipinski definition) is 4. The molecule has 0 fully saturated rings. The molecule has 0 saturated carbocycles. The third-order valence-electron chi connectivity index (χ3n) is 2.87. The Bertz CT molecular complexity index is 731. The number of hydrogen-bond donors (Lipinski definition) is 0. The van der Waals surface area contributed by atoms with E-state index in [4.69, 9.17) is 9.15 Å². The third-order valence-corrected chi connectivity index (χ3v) is 2.87. The first kappa shape index (κ1) is 11.5. The number of nitrogens with zero attached hydrogens (tertiary/aromatic N) is 1. The summed E-state index contributed by atoms with van der Waals surface area (Å²) in [5.74, 6) is 0.821. The van der Waals surface area contributed by atoms with Crippen molar-refractivity contribution in [1.29, 1.82) is 0 Å². The molecule has 4 heteroatoms. The maximum atomic E-state index is 12.2. The first-order valence-electron chi connectivity index (χ1n) is 5.80. The number of pyridine rings is 1. The van der Waals surface area contributed by atoms with Crippen LogP contribution in [0, 0.1) is 0 Å². The zero-order chi connectivity index (χ0) is 13.2. The van der Waals surface area contributed by atoms with Crippen molar-refractivity contribution in [1.82, 2.24) is 4.98 Å². The zero-order valence-corrected chi connectivity index (χ0v) is 10.3. The molecule has 1 aromatic carbocycles. The van der Waals surface area contributed by atoms with Crippen LogP contribution in [0.2, 0.25) is 0 Å². The van der Waals surface area contributed by atoms with Crippen LogP contribution in [0.4, 0.5) is 0 Å². The lowest BCUT2D eigenvalue weighted by Crippen LogP contribution is -1.99. The average Bonchev–Trinajstić information content (AvgIpc) is 2.90. The summed E-state index contributed by atoms with van der Waals surface area (Å²) in [5.41, 5.74) is 1.14. The molecular weight excluding hydrogens is 242 g/mol. The van der Waals surface area contributed by atoms with Crippen LogP contribution in [-0.2, 0) is 0 Å². The van der Waals surface area contributed by atoms with Gasteiger partial charge in [-0.15, -0.1) is 0 Å². The molecule has 0 atom stereocenters. The lowest BCUT2D eigenvalue weighted by Gasteiger charge is -1.97. The number of carbonyl (C=O) groups is 1. The van der Waals surface area contributed by atoms with Crippen molar-refractivity contribution >= 4 is 16.8 Å². The van der Waals surface area contributed by atoms with Crippen molar-refractivity contribution in [3.63, 3.8) is 0 Å². The maximum Gasteiger partial charge on any atom is 0.229 e. The Hall–Kier alpha value is -2.62. The van der Waals surface area contributed by atoms with E-state index in [0.29, 0.717) is 22.7 Å². The Kier molecular flexibility index (Phi) is 2.76. The van der Waals surface area contributed by atoms with Gasteiger partial charge in [-0.2, -0.15) is 0 Å². The van der Waals surface area contributed by atoms with Gasteiger partial charge in [-0.3, -0.25) is 9.78 Å². The molecule has 0 radical (unpaired) electrons. The van der Waals surface area contributed by atoms with Crippen LogP contribution >= 0.6 is 0 Å². The fourth-order valence-corrected chi connectivity index (χ4v) is 1.89. The highest BCUT2D eigenvalue weighted by atomic mass is 16.5. The minimum atomic E-state index is -0.178. The quantitative estimate of drug-likeness (QED) is 0.673. The molecule has 0 N–H and O–H groups in total. The van der Waals surface area contributed by atoms with Gasteiger partial charge in [0, 0.05) is 29.4 Å². The minimum Gasteiger partial charge on any atom is -0.497 e. The SMILES string of the molecule is COc1ccc2cc(C(=O)c3cccnc3)oc2c1. The molecule has 0 aliphatic rings. The maximum absolute atomic E-state index is 12.2. The first-order chi connectivity index (χ1) is 9.28. The number of ketones is 1. The number of aromatic nitrogens is 1. The number of ether oxygens (including phenoxy) is 1. The predicted octanol–water partition coefficient (Wildman–Crippen LogP) is 3.07. The molecule has 0 bridgehead atoms. The van der Waals surface area contributed by atoms with Crippen LogP contribution in [0.5, 0.6) is 5.75 Å². The summed E-state index contributed by atoms with van der Waals surface area (Å²) in [6.07, 6.45) is 3.15. The van der Waals surface area contributed by atoms with Crippen LogP contribution in [0.25, 0.3) is 11.0 Å². The number of rotatable bonds is 3. The Morgan fingerprint density at radius 3 is 2.89 bits per heavy atom. The van der Waals surface area contributed by atoms with E-state index >= 15 is 0 Å². The van der Waals surface area contributed by atoms with Crippen molar-refractivity contribution in [3.05, 3.63) is 60.1 Å². The fourth-order valence-electron chi connectivity index (χ4n) is 1.89. The topological polar surface area (TPSA) is 52.3 Å². The largest absolute Gasteiger partial charge is 0.497 e. The summed E-state index contributed by atoms with van der Waals surface area (Å²) < 4.78 is 10.7. The lowest BCUT2D eigenvalue weighted by molar-refractivity contribution is 0.101. The molecule has 4 nitrogen and oxygen atoms in total. The highest BCUT2D eigenvalue weighted by Gasteiger charge is 2.14. The van der Waals surface area contributed by atoms with Gasteiger partial charge >= 0.3 is 0 Å². The molecule has 0 aliphatic carbocycles. The summed E-state index contributed by atoms with van der Waals surface area (Å²) in [6.45, 7) is 0. The smallest absolute Gasteiger partial charge is 0.229 e. The van der Waals surface area contributed by atoms with Gasteiger partial charge in [0.05, 0.1) is 7.11 Å². The van der Waals surface area contributed by atoms with Gasteiger partial charge < -0.3 is 9.15 Å². The second kappa shape index (κ2) is 4.57. The molecule has 0 saturated heterocycles. The number of methoxy groups -OCH3 is 1. The molecule has 0 unspecified atom stereocenters. The van der Waals surface area contributed by atoms with Crippen LogP contribution in [0.15, 0.2) is 53.2 Å². The van der Waals surface area contributed by atoms with E-state index in [1.807, 2.05) is 12.1 Å². The second-order valence-corrected chi connectivity index (χ2v) is 4.09. The zero-order valence-electron chi connectivity index (χ0n) is 10.3. The van der Waals surface area contributed by atoms with E-state index in [9.17, 15) is 4.79 Å². The summed E-state index contributed by atoms with van der Waals surface area (Å²) in [6, 6.07) is 10.6. The van der Waals surface area contributed by atoms with E-state index in [1.54, 1.807) is 37.6 Å². The summed E-state index contributed by atoms with van der Waals surface area (Å²) in [5, 5.41) is 0.869. The van der Waals surface area contributed by atoms with Crippen molar-refractivity contribution in [2.24, 2.45) is 0 Å². The molecular formula is C15H11NO3. The van der Waals surface area contributed by atoms with Gasteiger partial charge in [0.25, 0.3) is 0 Å². The van der Waals surface area contributed by atoms with Gasteiger partial charge in [0.2, 0.25) is 5.78 Å². The Balaban J connectivity index is 2.04. The van der Waals surface area contributed by atoms with Gasteiger partial charge in [0.1, 0.15) is 11.3 Å². The fraction of sp³-hybridized carbons (Fsp3) is 0.0667. The molecule has 3 rings (SSSR count). The summed E-state index contributed by atoms with van der Waals surface area (Å²) in [7, 11) is 1.59. The van der Waals surface area contributed by atoms with Crippen LogP contribution < -0.4 is 4.74 Å². The van der Waals surface area contributed by atoms with E-state index < -0.39 is 0 Å². The molecule has 0 aliphatic heterocycles. The van der Waals surface area contributed by atoms with E-state index in [0.717, 1.165) is 5.39 Å². The first-order valence-corrected chi connectivity index (χ1v) is 5.80. The van der Waals surface area contributed by atoms with Crippen LogP contribution in [-0.4, -0.2) is 17.9 Å². The van der Waals surface area contributed by atoms with Crippen molar-refractivity contribution in [2.45, 2.75) is 0 Å². The van der Waals surface area contributed by atoms with Crippen molar-refractivity contribution < 1.29 is 13.9 Å². The number of benzene rings is 1. The Morgan fingerprint density at radius 1 is 1.26 bits per heavy atom. The molecule has 0 spiro atoms. The summed E-state index contributed by atoms with van der Waals surface area (Å²) in [4.78, 5) is 16.1. The van der Waals surface area contributed by atoms with E-state index in [1.165, 1.54) is 6.20 Å². The molecule has 2 aromatic heterocycles. The van der Waals surface area contributed by atoms with Crippen LogP contribution in [0.3, 0.4) is 0 Å². The summed E-state index contributed by atoms with van der Waals surface area (Å²) >= 11 is 0. The monoisotopic (exact) mass is 253 g/mol. The molecule has 2 heterocycles. The normalized spacial score (nSPS) is 10.6. The van der Waals surface area contributed by atoms with Crippen LogP contribution in [0.1, 0.15) is 16.1 Å². The minimum absolute atomic E-state index is 0.178. The number of furan rings is 1. The van der Waals surface area contributed by atoms with E-state index in [-0.39, 0.29) is 5.78 Å². The molecule has 3 aromatic rings. The van der Waals surface area contributed by atoms with E-state index in [2.05, 4.69) is 4.98 Å². The average molecular weight is 253 g/mol. The van der Waals surface area contributed by atoms with Gasteiger partial charge in [-0.25, -0.2) is 0 Å². The second-order valence-electron chi connectivity index (χ2n) is 4.09. The predicted molar refractivity (Wildman–Crippen MR) is 70.4 cm³/mol. The van der Waals surface area contributed by atoms with Gasteiger partial charge in [-0.05, 0) is 30.3 Å². The van der Waals surface area contributed by atoms with Crippen molar-refractivity contribution in [2.75, 3.05) is 7.11 Å². The molecule has 0 amide bonds. The molecule has 19 heavy (non-hydrogen) atoms. The third kappa shape index (κ3) is 2.08. The highest BCUT2D eigenvalue weighted by molar-refractivity contribution is 6.08.